The molecule has 0 saturated heterocycles. The second-order valence-electron chi connectivity index (χ2n) is 7.73. The monoisotopic (exact) mass is 411 g/mol. The van der Waals surface area contributed by atoms with Crippen LogP contribution in [0.25, 0.3) is 0 Å². The first-order chi connectivity index (χ1) is 14.4. The van der Waals surface area contributed by atoms with Crippen LogP contribution in [0.2, 0.25) is 0 Å². The van der Waals surface area contributed by atoms with Crippen LogP contribution in [-0.4, -0.2) is 59.2 Å². The van der Waals surface area contributed by atoms with E-state index in [9.17, 15) is 24.4 Å². The second-order valence-corrected chi connectivity index (χ2v) is 7.73. The number of likely N-dealkylation sites (N-methyl/N-ethyl adjacent to an activating group) is 1. The summed E-state index contributed by atoms with van der Waals surface area (Å²) < 4.78 is 5.06. The average Bonchev–Trinajstić information content (AvgIpc) is 3.02. The highest BCUT2D eigenvalue weighted by Gasteiger charge is 2.39. The topological polar surface area (TPSA) is 108 Å². The maximum atomic E-state index is 12.4. The summed E-state index contributed by atoms with van der Waals surface area (Å²) in [6, 6.07) is 8.86. The van der Waals surface area contributed by atoms with Gasteiger partial charge in [-0.1, -0.05) is 31.4 Å². The number of nitrogens with zero attached hydrogens (tertiary/aromatic N) is 3. The molecule has 158 valence electrons. The van der Waals surface area contributed by atoms with Gasteiger partial charge in [-0.25, -0.2) is 0 Å². The summed E-state index contributed by atoms with van der Waals surface area (Å²) in [5.41, 5.74) is -0.0894. The molecule has 8 heteroatoms. The van der Waals surface area contributed by atoms with Crippen LogP contribution in [0.15, 0.2) is 24.3 Å². The van der Waals surface area contributed by atoms with E-state index in [0.717, 1.165) is 24.2 Å². The lowest BCUT2D eigenvalue weighted by atomic mass is 9.81. The summed E-state index contributed by atoms with van der Waals surface area (Å²) in [7, 11) is 1.58. The van der Waals surface area contributed by atoms with Crippen molar-refractivity contribution in [2.24, 2.45) is 0 Å². The molecule has 3 amide bonds. The number of imide groups is 1. The Morgan fingerprint density at radius 2 is 1.73 bits per heavy atom. The fraction of sp³-hybridized carbons (Fsp3) is 0.500. The SMILES string of the molecule is CN(C(=O)COC(=O)CCCN1C(=O)c2ccccc2C1=O)C1(C#N)CCCCC1. The van der Waals surface area contributed by atoms with Crippen molar-refractivity contribution in [3.05, 3.63) is 35.4 Å². The van der Waals surface area contributed by atoms with Crippen molar-refractivity contribution in [3.63, 3.8) is 0 Å². The summed E-state index contributed by atoms with van der Waals surface area (Å²) in [5.74, 6) is -1.72. The fourth-order valence-electron chi connectivity index (χ4n) is 4.03. The average molecular weight is 411 g/mol. The Labute approximate surface area is 175 Å². The van der Waals surface area contributed by atoms with Crippen LogP contribution in [-0.2, 0) is 14.3 Å². The van der Waals surface area contributed by atoms with Crippen LogP contribution in [0, 0.1) is 11.3 Å². The second kappa shape index (κ2) is 9.08. The third kappa shape index (κ3) is 4.20. The van der Waals surface area contributed by atoms with E-state index in [-0.39, 0.29) is 31.2 Å². The molecule has 0 spiro atoms. The van der Waals surface area contributed by atoms with Crippen molar-refractivity contribution in [1.29, 1.82) is 5.26 Å². The van der Waals surface area contributed by atoms with E-state index in [4.69, 9.17) is 4.74 Å². The first kappa shape index (κ1) is 21.5. The number of hydrogen-bond acceptors (Lipinski definition) is 6. The molecule has 2 aliphatic rings. The van der Waals surface area contributed by atoms with Gasteiger partial charge in [0, 0.05) is 20.0 Å². The minimum Gasteiger partial charge on any atom is -0.456 e. The molecule has 0 radical (unpaired) electrons. The highest BCUT2D eigenvalue weighted by atomic mass is 16.5. The maximum absolute atomic E-state index is 12.4. The van der Waals surface area contributed by atoms with Crippen LogP contribution in [0.1, 0.15) is 65.7 Å². The number of carbonyl (C=O) groups is 4. The molecular weight excluding hydrogens is 386 g/mol. The molecule has 0 N–H and O–H groups in total. The van der Waals surface area contributed by atoms with Crippen LogP contribution in [0.4, 0.5) is 0 Å². The van der Waals surface area contributed by atoms with Gasteiger partial charge in [-0.3, -0.25) is 24.1 Å². The van der Waals surface area contributed by atoms with Crippen molar-refractivity contribution >= 4 is 23.7 Å². The highest BCUT2D eigenvalue weighted by Crippen LogP contribution is 2.32. The first-order valence-corrected chi connectivity index (χ1v) is 10.2. The zero-order chi connectivity index (χ0) is 21.7. The fourth-order valence-corrected chi connectivity index (χ4v) is 4.03. The van der Waals surface area contributed by atoms with Gasteiger partial charge >= 0.3 is 5.97 Å². The number of carbonyl (C=O) groups excluding carboxylic acids is 4. The molecule has 1 heterocycles. The summed E-state index contributed by atoms with van der Waals surface area (Å²) in [6.45, 7) is -0.321. The lowest BCUT2D eigenvalue weighted by Crippen LogP contribution is -2.51. The number of hydrogen-bond donors (Lipinski definition) is 0. The Morgan fingerprint density at radius 1 is 1.13 bits per heavy atom. The summed E-state index contributed by atoms with van der Waals surface area (Å²) in [4.78, 5) is 51.5. The van der Waals surface area contributed by atoms with Crippen LogP contribution < -0.4 is 0 Å². The summed E-state index contributed by atoms with van der Waals surface area (Å²) in [6.07, 6.45) is 4.31. The number of esters is 1. The number of nitriles is 1. The highest BCUT2D eigenvalue weighted by molar-refractivity contribution is 6.21. The Hall–Kier alpha value is -3.21. The summed E-state index contributed by atoms with van der Waals surface area (Å²) in [5, 5.41) is 9.55. The van der Waals surface area contributed by atoms with Crippen molar-refractivity contribution in [2.75, 3.05) is 20.2 Å². The molecule has 1 aliphatic carbocycles. The predicted molar refractivity (Wildman–Crippen MR) is 106 cm³/mol. The van der Waals surface area contributed by atoms with Crippen molar-refractivity contribution < 1.29 is 23.9 Å². The Morgan fingerprint density at radius 3 is 2.30 bits per heavy atom. The summed E-state index contributed by atoms with van der Waals surface area (Å²) >= 11 is 0. The minimum atomic E-state index is -0.826. The van der Waals surface area contributed by atoms with Gasteiger partial charge in [-0.15, -0.1) is 0 Å². The molecule has 1 aromatic rings. The molecule has 1 fully saturated rings. The van der Waals surface area contributed by atoms with Gasteiger partial charge in [-0.2, -0.15) is 5.26 Å². The lowest BCUT2D eigenvalue weighted by molar-refractivity contribution is -0.153. The third-order valence-corrected chi connectivity index (χ3v) is 5.90. The quantitative estimate of drug-likeness (QED) is 0.503. The Balaban J connectivity index is 1.43. The number of ether oxygens (including phenoxy) is 1. The van der Waals surface area contributed by atoms with E-state index < -0.39 is 24.0 Å². The number of amides is 3. The van der Waals surface area contributed by atoms with Crippen LogP contribution in [0.5, 0.6) is 0 Å². The largest absolute Gasteiger partial charge is 0.456 e. The van der Waals surface area contributed by atoms with Gasteiger partial charge in [0.15, 0.2) is 6.61 Å². The number of benzene rings is 1. The van der Waals surface area contributed by atoms with E-state index in [1.54, 1.807) is 31.3 Å². The molecular formula is C22H25N3O5. The van der Waals surface area contributed by atoms with Gasteiger partial charge in [0.1, 0.15) is 5.54 Å². The maximum Gasteiger partial charge on any atom is 0.306 e. The molecule has 1 saturated carbocycles. The van der Waals surface area contributed by atoms with E-state index in [1.807, 2.05) is 0 Å². The minimum absolute atomic E-state index is 0.0200. The molecule has 30 heavy (non-hydrogen) atoms. The Kier molecular flexibility index (Phi) is 6.50. The molecule has 3 rings (SSSR count). The van der Waals surface area contributed by atoms with E-state index in [1.165, 1.54) is 4.90 Å². The van der Waals surface area contributed by atoms with E-state index in [0.29, 0.717) is 24.0 Å². The molecule has 0 unspecified atom stereocenters. The molecule has 1 aromatic carbocycles. The van der Waals surface area contributed by atoms with Crippen LogP contribution >= 0.6 is 0 Å². The van der Waals surface area contributed by atoms with E-state index >= 15 is 0 Å². The third-order valence-electron chi connectivity index (χ3n) is 5.90. The zero-order valence-corrected chi connectivity index (χ0v) is 17.1. The first-order valence-electron chi connectivity index (χ1n) is 10.2. The molecule has 8 nitrogen and oxygen atoms in total. The van der Waals surface area contributed by atoms with Gasteiger partial charge in [0.2, 0.25) is 0 Å². The number of rotatable bonds is 7. The molecule has 0 aromatic heterocycles. The predicted octanol–water partition coefficient (Wildman–Crippen LogP) is 2.29. The molecule has 0 bridgehead atoms. The molecule has 0 atom stereocenters. The van der Waals surface area contributed by atoms with Crippen molar-refractivity contribution in [1.82, 2.24) is 9.80 Å². The zero-order valence-electron chi connectivity index (χ0n) is 17.1. The molecule has 1 aliphatic heterocycles. The van der Waals surface area contributed by atoms with Crippen molar-refractivity contribution in [3.8, 4) is 6.07 Å². The van der Waals surface area contributed by atoms with Gasteiger partial charge in [-0.05, 0) is 31.4 Å². The smallest absolute Gasteiger partial charge is 0.306 e. The van der Waals surface area contributed by atoms with Crippen LogP contribution in [0.3, 0.4) is 0 Å². The van der Waals surface area contributed by atoms with Gasteiger partial charge in [0.25, 0.3) is 17.7 Å². The lowest BCUT2D eigenvalue weighted by Gasteiger charge is -2.38. The normalized spacial score (nSPS) is 17.3. The van der Waals surface area contributed by atoms with Gasteiger partial charge < -0.3 is 9.64 Å². The van der Waals surface area contributed by atoms with E-state index in [2.05, 4.69) is 6.07 Å². The van der Waals surface area contributed by atoms with Crippen molar-refractivity contribution in [2.45, 2.75) is 50.5 Å². The Bertz CT molecular complexity index is 863. The van der Waals surface area contributed by atoms with Gasteiger partial charge in [0.05, 0.1) is 17.2 Å². The standard InChI is InChI=1S/C22H25N3O5/c1-24(22(15-23)11-5-2-6-12-22)18(26)14-30-19(27)10-7-13-25-20(28)16-8-3-4-9-17(16)21(25)29/h3-4,8-9H,2,5-7,10-14H2,1H3. The number of fused-ring (bicyclic) bond motifs is 1.